The summed E-state index contributed by atoms with van der Waals surface area (Å²) in [5.41, 5.74) is 0. The van der Waals surface area contributed by atoms with E-state index < -0.39 is 0 Å². The molecular weight excluding hydrogens is 192 g/mol. The van der Waals surface area contributed by atoms with Gasteiger partial charge in [-0.2, -0.15) is 0 Å². The van der Waals surface area contributed by atoms with Crippen LogP contribution in [0.15, 0.2) is 0 Å². The summed E-state index contributed by atoms with van der Waals surface area (Å²) in [5, 5.41) is 2.03. The number of halogens is 1. The first-order chi connectivity index (χ1) is 3.89. The van der Waals surface area contributed by atoms with Gasteiger partial charge in [0.05, 0.1) is 6.10 Å². The Hall–Kier alpha value is 1.21. The van der Waals surface area contributed by atoms with Crippen LogP contribution in [0, 0.1) is 0 Å². The van der Waals surface area contributed by atoms with Crippen molar-refractivity contribution in [2.45, 2.75) is 30.9 Å². The average molecular weight is 205 g/mol. The van der Waals surface area contributed by atoms with E-state index in [9.17, 15) is 0 Å². The van der Waals surface area contributed by atoms with E-state index in [1.165, 1.54) is 12.8 Å². The van der Waals surface area contributed by atoms with Gasteiger partial charge in [-0.3, -0.25) is 0 Å². The van der Waals surface area contributed by atoms with Gasteiger partial charge in [0.15, 0.2) is 0 Å². The van der Waals surface area contributed by atoms with Crippen LogP contribution in [0.4, 0.5) is 0 Å². The Morgan fingerprint density at radius 2 is 2.00 bits per heavy atom. The van der Waals surface area contributed by atoms with Crippen LogP contribution in [0.3, 0.4) is 0 Å². The molecule has 0 spiro atoms. The van der Waals surface area contributed by atoms with E-state index in [2.05, 4.69) is 6.92 Å². The Morgan fingerprint density at radius 3 is 2.11 bits per heavy atom. The normalized spacial score (nSPS) is 23.8. The molecule has 1 unspecified atom stereocenters. The van der Waals surface area contributed by atoms with Gasteiger partial charge in [-0.25, -0.2) is 0 Å². The summed E-state index contributed by atoms with van der Waals surface area (Å²) in [6.07, 6.45) is 3.08. The molecule has 1 fully saturated rings. The van der Waals surface area contributed by atoms with Crippen molar-refractivity contribution in [3.05, 3.63) is 0 Å². The van der Waals surface area contributed by atoms with E-state index >= 15 is 0 Å². The molecule has 0 bridgehead atoms. The van der Waals surface area contributed by atoms with Crippen molar-refractivity contribution in [1.29, 1.82) is 0 Å². The molecule has 0 aromatic heterocycles. The Morgan fingerprint density at radius 1 is 1.44 bits per heavy atom. The van der Waals surface area contributed by atoms with Gasteiger partial charge in [0.25, 0.3) is 0 Å². The topological polar surface area (TPSA) is 9.23 Å². The summed E-state index contributed by atoms with van der Waals surface area (Å²) in [6.45, 7) is 3.11. The zero-order chi connectivity index (χ0) is 6.41. The summed E-state index contributed by atoms with van der Waals surface area (Å²) in [5.74, 6) is 0. The minimum absolute atomic E-state index is 0. The maximum atomic E-state index is 5.15. The van der Waals surface area contributed by atoms with E-state index in [0.717, 1.165) is 6.61 Å². The number of hydrogen-bond acceptors (Lipinski definition) is 1. The molecule has 1 rings (SSSR count). The molecule has 9 heavy (non-hydrogen) atoms. The van der Waals surface area contributed by atoms with Crippen LogP contribution in [0.5, 0.6) is 0 Å². The Labute approximate surface area is 80.7 Å². The fourth-order valence-electron chi connectivity index (χ4n) is 0.739. The molecule has 1 heterocycles. The van der Waals surface area contributed by atoms with E-state index in [4.69, 9.17) is 4.74 Å². The zero-order valence-electron chi connectivity index (χ0n) is 6.19. The number of hydrogen-bond donors (Lipinski definition) is 0. The van der Waals surface area contributed by atoms with Gasteiger partial charge in [-0.1, -0.05) is 0 Å². The van der Waals surface area contributed by atoms with Crippen molar-refractivity contribution >= 4 is 21.7 Å². The minimum atomic E-state index is 0. The summed E-state index contributed by atoms with van der Waals surface area (Å²) in [6, 6.07) is 0. The molecule has 1 nitrogen and oxygen atoms in total. The third-order valence-electron chi connectivity index (χ3n) is 1.16. The summed E-state index contributed by atoms with van der Waals surface area (Å²) < 4.78 is 5.15. The molecule has 0 saturated carbocycles. The van der Waals surface area contributed by atoms with Crippen LogP contribution in [-0.2, 0) is 4.74 Å². The maximum absolute atomic E-state index is 5.15. The Kier molecular flexibility index (Phi) is 13.1. The third kappa shape index (κ3) is 7.10. The van der Waals surface area contributed by atoms with E-state index in [0.29, 0.717) is 6.10 Å². The quantitative estimate of drug-likeness (QED) is 0.433. The Balaban J connectivity index is 0. The Bertz CT molecular complexity index is 46.3. The molecule has 1 aliphatic rings. The number of ether oxygens (including phenoxy) is 1. The van der Waals surface area contributed by atoms with Crippen molar-refractivity contribution in [2.24, 2.45) is 0 Å². The number of rotatable bonds is 0. The first-order valence-corrected chi connectivity index (χ1v) is 4.63. The first kappa shape index (κ1) is 12.8. The molecule has 0 radical (unpaired) electrons. The van der Waals surface area contributed by atoms with Crippen LogP contribution in [0.25, 0.3) is 0 Å². The van der Waals surface area contributed by atoms with Crippen LogP contribution in [0.1, 0.15) is 19.8 Å². The standard InChI is InChI=1S/C5H10O.CH3.BrH.Mg/c1-5-3-2-4-6-5;;;/h5H,2-4H2,1H3;1H3;1H;/q;;;+1/p-1. The predicted molar refractivity (Wildman–Crippen MR) is 36.3 cm³/mol. The van der Waals surface area contributed by atoms with Gasteiger partial charge in [0.1, 0.15) is 0 Å². The van der Waals surface area contributed by atoms with Crippen LogP contribution in [0.2, 0.25) is 5.05 Å². The third-order valence-corrected chi connectivity index (χ3v) is 1.16. The van der Waals surface area contributed by atoms with Crippen molar-refractivity contribution in [3.63, 3.8) is 0 Å². The van der Waals surface area contributed by atoms with Crippen LogP contribution < -0.4 is 17.0 Å². The molecule has 0 amide bonds. The van der Waals surface area contributed by atoms with Gasteiger partial charge < -0.3 is 21.7 Å². The molecule has 1 atom stereocenters. The molecule has 1 aliphatic heterocycles. The van der Waals surface area contributed by atoms with Crippen LogP contribution >= 0.6 is 0 Å². The summed E-state index contributed by atoms with van der Waals surface area (Å²) in [7, 11) is 0. The predicted octanol–water partition coefficient (Wildman–Crippen LogP) is -1.61. The second-order valence-electron chi connectivity index (χ2n) is 1.82. The molecular formula is C6H13BrMgO. The zero-order valence-corrected chi connectivity index (χ0v) is 9.19. The molecule has 0 aromatic rings. The van der Waals surface area contributed by atoms with E-state index in [1.54, 1.807) is 0 Å². The van der Waals surface area contributed by atoms with Gasteiger partial charge in [0, 0.05) is 6.61 Å². The van der Waals surface area contributed by atoms with Crippen LogP contribution in [-0.4, -0.2) is 34.4 Å². The fraction of sp³-hybridized carbons (Fsp3) is 1.00. The van der Waals surface area contributed by atoms with Gasteiger partial charge >= 0.3 is 26.8 Å². The van der Waals surface area contributed by atoms with Crippen molar-refractivity contribution in [2.75, 3.05) is 6.61 Å². The molecule has 52 valence electrons. The molecule has 0 aromatic carbocycles. The van der Waals surface area contributed by atoms with Crippen molar-refractivity contribution < 1.29 is 21.7 Å². The fourth-order valence-corrected chi connectivity index (χ4v) is 0.739. The first-order valence-electron chi connectivity index (χ1n) is 3.22. The van der Waals surface area contributed by atoms with Gasteiger partial charge in [0.2, 0.25) is 0 Å². The molecule has 1 saturated heterocycles. The SMILES string of the molecule is CC1CCCO1.[Br-].[CH3][Mg+]. The van der Waals surface area contributed by atoms with E-state index in [1.807, 2.05) is 26.8 Å². The molecule has 0 aliphatic carbocycles. The second-order valence-corrected chi connectivity index (χ2v) is 1.82. The molecule has 0 N–H and O–H groups in total. The average Bonchev–Trinajstić information content (AvgIpc) is 2.24. The monoisotopic (exact) mass is 204 g/mol. The molecule has 3 heteroatoms. The van der Waals surface area contributed by atoms with Gasteiger partial charge in [-0.05, 0) is 19.8 Å². The van der Waals surface area contributed by atoms with Gasteiger partial charge in [-0.15, -0.1) is 0 Å². The second kappa shape index (κ2) is 9.21. The van der Waals surface area contributed by atoms with Crippen molar-refractivity contribution in [3.8, 4) is 0 Å². The summed E-state index contributed by atoms with van der Waals surface area (Å²) in [4.78, 5) is 0. The van der Waals surface area contributed by atoms with E-state index in [-0.39, 0.29) is 17.0 Å². The van der Waals surface area contributed by atoms with Crippen molar-refractivity contribution in [1.82, 2.24) is 0 Å². The summed E-state index contributed by atoms with van der Waals surface area (Å²) >= 11 is 1.86.